The van der Waals surface area contributed by atoms with Crippen LogP contribution in [0.1, 0.15) is 17.8 Å². The summed E-state index contributed by atoms with van der Waals surface area (Å²) >= 11 is 0. The van der Waals surface area contributed by atoms with Gasteiger partial charge in [0.1, 0.15) is 6.04 Å². The average molecular weight is 264 g/mol. The third kappa shape index (κ3) is 2.21. The molecule has 0 aromatic carbocycles. The lowest BCUT2D eigenvalue weighted by Crippen LogP contribution is -2.51. The van der Waals surface area contributed by atoms with Crippen LogP contribution in [0.5, 0.6) is 0 Å². The Morgan fingerprint density at radius 1 is 1.47 bits per heavy atom. The molecule has 7 nitrogen and oxygen atoms in total. The average Bonchev–Trinajstić information content (AvgIpc) is 2.78. The molecule has 1 aromatic rings. The van der Waals surface area contributed by atoms with Crippen molar-refractivity contribution in [2.45, 2.75) is 25.4 Å². The molecule has 0 bridgehead atoms. The summed E-state index contributed by atoms with van der Waals surface area (Å²) in [6, 6.07) is -0.795. The second-order valence-electron chi connectivity index (χ2n) is 5.14. The first-order valence-electron chi connectivity index (χ1n) is 6.39. The Bertz CT molecular complexity index is 509. The summed E-state index contributed by atoms with van der Waals surface area (Å²) in [6.45, 7) is 1.99. The van der Waals surface area contributed by atoms with Crippen LogP contribution in [0.3, 0.4) is 0 Å². The fourth-order valence-electron chi connectivity index (χ4n) is 2.58. The van der Waals surface area contributed by atoms with Crippen LogP contribution in [0, 0.1) is 5.92 Å². The molecule has 1 fully saturated rings. The van der Waals surface area contributed by atoms with E-state index in [1.807, 2.05) is 0 Å². The van der Waals surface area contributed by atoms with Gasteiger partial charge in [0.05, 0.1) is 24.3 Å². The molecule has 3 N–H and O–H groups in total. The Hall–Kier alpha value is -1.89. The van der Waals surface area contributed by atoms with Crippen LogP contribution in [0.25, 0.3) is 0 Å². The fourth-order valence-corrected chi connectivity index (χ4v) is 2.58. The van der Waals surface area contributed by atoms with Gasteiger partial charge in [-0.3, -0.25) is 4.79 Å². The molecule has 0 saturated carbocycles. The molecule has 2 aliphatic rings. The van der Waals surface area contributed by atoms with Gasteiger partial charge in [-0.25, -0.2) is 9.78 Å². The highest BCUT2D eigenvalue weighted by Gasteiger charge is 2.36. The van der Waals surface area contributed by atoms with Crippen LogP contribution in [0.2, 0.25) is 0 Å². The summed E-state index contributed by atoms with van der Waals surface area (Å²) in [5, 5.41) is 12.4. The number of fused-ring (bicyclic) bond motifs is 1. The van der Waals surface area contributed by atoms with Crippen molar-refractivity contribution in [3.63, 3.8) is 0 Å². The topological polar surface area (TPSA) is 98.3 Å². The maximum atomic E-state index is 12.2. The highest BCUT2D eigenvalue weighted by molar-refractivity contribution is 5.84. The molecule has 102 valence electrons. The molecule has 7 heteroatoms. The van der Waals surface area contributed by atoms with Crippen molar-refractivity contribution in [2.75, 3.05) is 13.1 Å². The lowest BCUT2D eigenvalue weighted by atomic mass is 9.96. The van der Waals surface area contributed by atoms with Crippen molar-refractivity contribution in [1.82, 2.24) is 20.2 Å². The summed E-state index contributed by atoms with van der Waals surface area (Å²) in [5.74, 6) is -0.710. The number of hydrogen-bond acceptors (Lipinski definition) is 4. The first kappa shape index (κ1) is 12.2. The number of rotatable bonds is 3. The Morgan fingerprint density at radius 3 is 2.89 bits per heavy atom. The number of carbonyl (C=O) groups is 2. The van der Waals surface area contributed by atoms with Gasteiger partial charge in [0.25, 0.3) is 0 Å². The maximum Gasteiger partial charge on any atom is 0.326 e. The molecule has 3 rings (SSSR count). The van der Waals surface area contributed by atoms with Gasteiger partial charge in [0.2, 0.25) is 5.91 Å². The minimum atomic E-state index is -0.964. The molecule has 2 aliphatic heterocycles. The second-order valence-corrected chi connectivity index (χ2v) is 5.14. The van der Waals surface area contributed by atoms with E-state index in [4.69, 9.17) is 0 Å². The SMILES string of the molecule is O=C(O)C1Cc2nc[nH]c2CN1C(=O)CC1CNC1. The van der Waals surface area contributed by atoms with E-state index in [0.717, 1.165) is 24.5 Å². The molecule has 1 saturated heterocycles. The number of aliphatic carboxylic acids is 1. The van der Waals surface area contributed by atoms with Crippen LogP contribution >= 0.6 is 0 Å². The maximum absolute atomic E-state index is 12.2. The number of nitrogens with one attached hydrogen (secondary N) is 2. The summed E-state index contributed by atoms with van der Waals surface area (Å²) in [4.78, 5) is 32.1. The van der Waals surface area contributed by atoms with E-state index in [-0.39, 0.29) is 12.3 Å². The molecular weight excluding hydrogens is 248 g/mol. The lowest BCUT2D eigenvalue weighted by molar-refractivity contribution is -0.152. The number of carboxylic acids is 1. The molecule has 1 atom stereocenters. The number of amides is 1. The predicted molar refractivity (Wildman–Crippen MR) is 65.2 cm³/mol. The monoisotopic (exact) mass is 264 g/mol. The number of aromatic amines is 1. The number of imidazole rings is 1. The van der Waals surface area contributed by atoms with Crippen molar-refractivity contribution < 1.29 is 14.7 Å². The van der Waals surface area contributed by atoms with Crippen molar-refractivity contribution in [1.29, 1.82) is 0 Å². The van der Waals surface area contributed by atoms with Gasteiger partial charge in [0, 0.05) is 12.8 Å². The molecule has 19 heavy (non-hydrogen) atoms. The fraction of sp³-hybridized carbons (Fsp3) is 0.583. The zero-order valence-electron chi connectivity index (χ0n) is 10.4. The van der Waals surface area contributed by atoms with Crippen molar-refractivity contribution >= 4 is 11.9 Å². The number of carbonyl (C=O) groups excluding carboxylic acids is 1. The van der Waals surface area contributed by atoms with Crippen LogP contribution in [0.4, 0.5) is 0 Å². The minimum Gasteiger partial charge on any atom is -0.480 e. The van der Waals surface area contributed by atoms with E-state index >= 15 is 0 Å². The van der Waals surface area contributed by atoms with Gasteiger partial charge < -0.3 is 20.3 Å². The minimum absolute atomic E-state index is 0.0841. The van der Waals surface area contributed by atoms with Crippen LogP contribution in [-0.2, 0) is 22.6 Å². The summed E-state index contributed by atoms with van der Waals surface area (Å²) in [6.07, 6.45) is 2.25. The number of nitrogens with zero attached hydrogens (tertiary/aromatic N) is 2. The third-order valence-electron chi connectivity index (χ3n) is 3.83. The smallest absolute Gasteiger partial charge is 0.326 e. The Morgan fingerprint density at radius 2 is 2.26 bits per heavy atom. The largest absolute Gasteiger partial charge is 0.480 e. The number of carboxylic acid groups (broad SMARTS) is 1. The highest BCUT2D eigenvalue weighted by atomic mass is 16.4. The van der Waals surface area contributed by atoms with E-state index in [0.29, 0.717) is 18.9 Å². The van der Waals surface area contributed by atoms with E-state index in [2.05, 4.69) is 15.3 Å². The zero-order valence-corrected chi connectivity index (χ0v) is 10.4. The Kier molecular flexibility index (Phi) is 2.98. The van der Waals surface area contributed by atoms with Gasteiger partial charge in [-0.05, 0) is 19.0 Å². The molecular formula is C12H16N4O3. The Balaban J connectivity index is 1.77. The first-order valence-corrected chi connectivity index (χ1v) is 6.39. The zero-order chi connectivity index (χ0) is 13.4. The molecule has 0 aliphatic carbocycles. The number of H-pyrrole nitrogens is 1. The second kappa shape index (κ2) is 4.65. The standard InChI is InChI=1S/C12H16N4O3/c17-11(1-7-3-13-4-7)16-5-9-8(14-6-15-9)2-10(16)12(18)19/h6-7,10,13H,1-5H2,(H,14,15)(H,18,19). The first-order chi connectivity index (χ1) is 9.15. The molecule has 1 amide bonds. The predicted octanol–water partition coefficient (Wildman–Crippen LogP) is -0.643. The van der Waals surface area contributed by atoms with Crippen molar-refractivity contribution in [3.8, 4) is 0 Å². The van der Waals surface area contributed by atoms with E-state index in [1.54, 1.807) is 6.33 Å². The normalized spacial score (nSPS) is 22.7. The van der Waals surface area contributed by atoms with Crippen molar-refractivity contribution in [2.24, 2.45) is 5.92 Å². The van der Waals surface area contributed by atoms with Gasteiger partial charge in [-0.2, -0.15) is 0 Å². The molecule has 1 aromatic heterocycles. The Labute approximate surface area is 110 Å². The molecule has 3 heterocycles. The highest BCUT2D eigenvalue weighted by Crippen LogP contribution is 2.23. The van der Waals surface area contributed by atoms with Crippen LogP contribution in [-0.4, -0.2) is 51.0 Å². The van der Waals surface area contributed by atoms with E-state index in [9.17, 15) is 14.7 Å². The van der Waals surface area contributed by atoms with Gasteiger partial charge >= 0.3 is 5.97 Å². The third-order valence-corrected chi connectivity index (χ3v) is 3.83. The molecule has 1 unspecified atom stereocenters. The van der Waals surface area contributed by atoms with Crippen LogP contribution < -0.4 is 5.32 Å². The van der Waals surface area contributed by atoms with E-state index < -0.39 is 12.0 Å². The van der Waals surface area contributed by atoms with Crippen LogP contribution in [0.15, 0.2) is 6.33 Å². The van der Waals surface area contributed by atoms with Gasteiger partial charge in [-0.15, -0.1) is 0 Å². The number of aromatic nitrogens is 2. The van der Waals surface area contributed by atoms with Crippen molar-refractivity contribution in [3.05, 3.63) is 17.7 Å². The van der Waals surface area contributed by atoms with Gasteiger partial charge in [-0.1, -0.05) is 0 Å². The molecule has 0 spiro atoms. The summed E-state index contributed by atoms with van der Waals surface area (Å²) in [7, 11) is 0. The quantitative estimate of drug-likeness (QED) is 0.674. The van der Waals surface area contributed by atoms with E-state index in [1.165, 1.54) is 4.90 Å². The van der Waals surface area contributed by atoms with Gasteiger partial charge in [0.15, 0.2) is 0 Å². The summed E-state index contributed by atoms with van der Waals surface area (Å²) in [5.41, 5.74) is 1.60. The summed E-state index contributed by atoms with van der Waals surface area (Å²) < 4.78 is 0. The molecule has 0 radical (unpaired) electrons. The number of hydrogen-bond donors (Lipinski definition) is 3. The lowest BCUT2D eigenvalue weighted by Gasteiger charge is -2.35.